The Morgan fingerprint density at radius 2 is 1.75 bits per heavy atom. The molecule has 5 atom stereocenters. The fourth-order valence-electron chi connectivity index (χ4n) is 8.53. The van der Waals surface area contributed by atoms with Crippen molar-refractivity contribution in [3.05, 3.63) is 102 Å². The van der Waals surface area contributed by atoms with Crippen LogP contribution in [0.15, 0.2) is 85.1 Å². The number of para-hydroxylation sites is 1. The van der Waals surface area contributed by atoms with Crippen LogP contribution in [0.25, 0.3) is 0 Å². The molecule has 11 nitrogen and oxygen atoms in total. The van der Waals surface area contributed by atoms with Gasteiger partial charge < -0.3 is 29.6 Å². The average molecular weight is 711 g/mol. The van der Waals surface area contributed by atoms with E-state index < -0.39 is 13.9 Å². The Morgan fingerprint density at radius 1 is 1.04 bits per heavy atom. The highest BCUT2D eigenvalue weighted by atomic mass is 28.4. The van der Waals surface area contributed by atoms with E-state index in [1.807, 2.05) is 84.9 Å². The minimum Gasteiger partial charge on any atom is -0.490 e. The van der Waals surface area contributed by atoms with Crippen LogP contribution in [0.1, 0.15) is 55.0 Å². The summed E-state index contributed by atoms with van der Waals surface area (Å²) in [6.45, 7) is 8.60. The number of aliphatic hydroxyl groups excluding tert-OH is 1. The van der Waals surface area contributed by atoms with Crippen molar-refractivity contribution < 1.29 is 24.2 Å². The fourth-order valence-corrected chi connectivity index (χ4v) is 10.5. The minimum absolute atomic E-state index is 0.0651. The van der Waals surface area contributed by atoms with Crippen molar-refractivity contribution in [1.29, 1.82) is 0 Å². The number of rotatable bonds is 11. The second-order valence-electron chi connectivity index (χ2n) is 14.8. The van der Waals surface area contributed by atoms with Gasteiger partial charge in [-0.05, 0) is 81.3 Å². The number of piperidine rings is 1. The van der Waals surface area contributed by atoms with Crippen LogP contribution >= 0.6 is 0 Å². The summed E-state index contributed by atoms with van der Waals surface area (Å²) in [7, 11) is -1.04. The molecule has 3 N–H and O–H groups in total. The highest BCUT2D eigenvalue weighted by Crippen LogP contribution is 2.49. The van der Waals surface area contributed by atoms with Crippen LogP contribution in [0.5, 0.6) is 5.75 Å². The van der Waals surface area contributed by atoms with Gasteiger partial charge in [0, 0.05) is 48.2 Å². The summed E-state index contributed by atoms with van der Waals surface area (Å²) >= 11 is 0. The van der Waals surface area contributed by atoms with Gasteiger partial charge in [-0.3, -0.25) is 14.4 Å². The first-order valence-electron chi connectivity index (χ1n) is 18.1. The van der Waals surface area contributed by atoms with Crippen molar-refractivity contribution >= 4 is 25.6 Å². The largest absolute Gasteiger partial charge is 0.490 e. The quantitative estimate of drug-likeness (QED) is 0.183. The Balaban J connectivity index is 1.12. The lowest BCUT2D eigenvalue weighted by Crippen LogP contribution is -2.55. The SMILES string of the molecule is CO[C@H]1c2cc(N3CN(c4ccccc4)C4(CCNCC4)C3=O)ccc2O[C@@H](C(CCn2cc(C(CO)c3ccccc3)nn2)[Si](C)(C)O)[C@@H]1C. The van der Waals surface area contributed by atoms with E-state index in [0.29, 0.717) is 25.3 Å². The molecule has 4 aromatic rings. The first-order valence-corrected chi connectivity index (χ1v) is 21.1. The van der Waals surface area contributed by atoms with E-state index >= 15 is 0 Å². The van der Waals surface area contributed by atoms with Crippen molar-refractivity contribution in [2.45, 2.75) is 75.0 Å². The van der Waals surface area contributed by atoms with Crippen LogP contribution in [0.2, 0.25) is 18.6 Å². The number of fused-ring (bicyclic) bond motifs is 1. The maximum absolute atomic E-state index is 14.4. The number of aromatic nitrogens is 3. The molecular weight excluding hydrogens is 661 g/mol. The first kappa shape index (κ1) is 35.3. The van der Waals surface area contributed by atoms with Crippen LogP contribution in [-0.4, -0.2) is 84.2 Å². The van der Waals surface area contributed by atoms with Gasteiger partial charge in [-0.2, -0.15) is 0 Å². The number of methoxy groups -OCH3 is 1. The Morgan fingerprint density at radius 3 is 2.41 bits per heavy atom. The third kappa shape index (κ3) is 6.71. The molecule has 2 fully saturated rings. The summed E-state index contributed by atoms with van der Waals surface area (Å²) < 4.78 is 14.8. The van der Waals surface area contributed by atoms with Gasteiger partial charge in [0.1, 0.15) is 17.4 Å². The predicted octanol–water partition coefficient (Wildman–Crippen LogP) is 5.08. The van der Waals surface area contributed by atoms with E-state index in [2.05, 4.69) is 45.7 Å². The van der Waals surface area contributed by atoms with Crippen LogP contribution in [0.3, 0.4) is 0 Å². The zero-order chi connectivity index (χ0) is 35.8. The maximum atomic E-state index is 14.4. The molecule has 1 amide bonds. The molecule has 51 heavy (non-hydrogen) atoms. The molecule has 0 aliphatic carbocycles. The molecule has 3 aromatic carbocycles. The molecule has 4 heterocycles. The molecule has 0 bridgehead atoms. The summed E-state index contributed by atoms with van der Waals surface area (Å²) in [5, 5.41) is 22.4. The molecule has 2 saturated heterocycles. The number of amides is 1. The zero-order valence-electron chi connectivity index (χ0n) is 30.0. The number of benzene rings is 3. The van der Waals surface area contributed by atoms with E-state index in [0.717, 1.165) is 54.2 Å². The third-order valence-electron chi connectivity index (χ3n) is 11.3. The first-order chi connectivity index (χ1) is 24.6. The van der Waals surface area contributed by atoms with Gasteiger partial charge in [-0.15, -0.1) is 5.10 Å². The van der Waals surface area contributed by atoms with Crippen LogP contribution < -0.4 is 19.9 Å². The number of carbonyl (C=O) groups is 1. The van der Waals surface area contributed by atoms with Gasteiger partial charge in [0.15, 0.2) is 8.32 Å². The number of hydrogen-bond donors (Lipinski definition) is 3. The summed E-state index contributed by atoms with van der Waals surface area (Å²) in [5.74, 6) is 0.516. The highest BCUT2D eigenvalue weighted by Gasteiger charge is 2.53. The molecule has 3 aliphatic heterocycles. The zero-order valence-corrected chi connectivity index (χ0v) is 31.0. The molecule has 1 aromatic heterocycles. The molecule has 3 aliphatic rings. The topological polar surface area (TPSA) is 125 Å². The number of hydrogen-bond acceptors (Lipinski definition) is 9. The lowest BCUT2D eigenvalue weighted by Gasteiger charge is -2.44. The lowest BCUT2D eigenvalue weighted by atomic mass is 9.85. The second-order valence-corrected chi connectivity index (χ2v) is 18.9. The molecule has 1 spiro atoms. The normalized spacial score (nSPS) is 22.9. The predicted molar refractivity (Wildman–Crippen MR) is 199 cm³/mol. The van der Waals surface area contributed by atoms with E-state index in [1.165, 1.54) is 0 Å². The van der Waals surface area contributed by atoms with Crippen LogP contribution in [-0.2, 0) is 16.1 Å². The summed E-state index contributed by atoms with van der Waals surface area (Å²) in [4.78, 5) is 30.2. The second kappa shape index (κ2) is 14.5. The number of aliphatic hydroxyl groups is 1. The van der Waals surface area contributed by atoms with E-state index in [1.54, 1.807) is 11.8 Å². The Hall–Kier alpha value is -4.07. The average Bonchev–Trinajstić information content (AvgIpc) is 3.71. The van der Waals surface area contributed by atoms with Crippen molar-refractivity contribution in [2.75, 3.05) is 43.3 Å². The molecule has 270 valence electrons. The Labute approximate surface area is 301 Å². The Bertz CT molecular complexity index is 1790. The van der Waals surface area contributed by atoms with Crippen molar-refractivity contribution in [2.24, 2.45) is 5.92 Å². The molecule has 0 radical (unpaired) electrons. The number of ether oxygens (including phenoxy) is 2. The number of anilines is 2. The standard InChI is InChI=1S/C39H50N6O5Si/c1-27-36(49-2)31-23-30(44-26-45(29-13-9-6-10-14-29)39(38(44)47)18-20-40-21-19-39)15-16-34(31)50-37(27)35(51(3,4)48)17-22-43-24-33(41-42-43)32(25-46)28-11-7-5-8-12-28/h5-16,23-24,27,32,35-37,40,46,48H,17-22,25-26H2,1-4H3/t27-,32?,35?,36-,37-/m1/s1. The van der Waals surface area contributed by atoms with Gasteiger partial charge in [0.25, 0.3) is 5.91 Å². The van der Waals surface area contributed by atoms with Gasteiger partial charge in [0.2, 0.25) is 0 Å². The molecule has 2 unspecified atom stereocenters. The summed E-state index contributed by atoms with van der Waals surface area (Å²) in [6, 6.07) is 26.1. The smallest absolute Gasteiger partial charge is 0.254 e. The maximum Gasteiger partial charge on any atom is 0.254 e. The van der Waals surface area contributed by atoms with Crippen molar-refractivity contribution in [3.63, 3.8) is 0 Å². The molecule has 0 saturated carbocycles. The van der Waals surface area contributed by atoms with E-state index in [4.69, 9.17) is 9.47 Å². The summed E-state index contributed by atoms with van der Waals surface area (Å²) in [5.41, 5.74) is 3.77. The number of nitrogens with zero attached hydrogens (tertiary/aromatic N) is 5. The third-order valence-corrected chi connectivity index (χ3v) is 13.8. The van der Waals surface area contributed by atoms with Gasteiger partial charge in [-0.1, -0.05) is 60.7 Å². The minimum atomic E-state index is -2.76. The fraction of sp³-hybridized carbons (Fsp3) is 0.462. The Kier molecular flexibility index (Phi) is 10.1. The van der Waals surface area contributed by atoms with Gasteiger partial charge >= 0.3 is 0 Å². The lowest BCUT2D eigenvalue weighted by molar-refractivity contribution is -0.122. The van der Waals surface area contributed by atoms with Crippen molar-refractivity contribution in [3.8, 4) is 5.75 Å². The number of nitrogens with one attached hydrogen (secondary N) is 1. The molecule has 7 rings (SSSR count). The molecular formula is C39H50N6O5Si. The highest BCUT2D eigenvalue weighted by molar-refractivity contribution is 6.71. The van der Waals surface area contributed by atoms with E-state index in [9.17, 15) is 14.7 Å². The molecule has 12 heteroatoms. The van der Waals surface area contributed by atoms with Crippen LogP contribution in [0, 0.1) is 5.92 Å². The monoisotopic (exact) mass is 710 g/mol. The summed E-state index contributed by atoms with van der Waals surface area (Å²) in [6.07, 6.45) is 3.44. The van der Waals surface area contributed by atoms with Gasteiger partial charge in [-0.25, -0.2) is 0 Å². The van der Waals surface area contributed by atoms with Crippen LogP contribution in [0.4, 0.5) is 11.4 Å². The van der Waals surface area contributed by atoms with Crippen molar-refractivity contribution in [1.82, 2.24) is 20.3 Å². The van der Waals surface area contributed by atoms with Gasteiger partial charge in [0.05, 0.1) is 31.0 Å². The van der Waals surface area contributed by atoms with E-state index in [-0.39, 0.29) is 42.1 Å². The number of carbonyl (C=O) groups excluding carboxylic acids is 1. The number of aryl methyl sites for hydroxylation is 1.